The van der Waals surface area contributed by atoms with Gasteiger partial charge in [0.2, 0.25) is 0 Å². The number of benzene rings is 3. The van der Waals surface area contributed by atoms with Gasteiger partial charge in [0.05, 0.1) is 28.0 Å². The number of hydrogen-bond donors (Lipinski definition) is 2. The molecule has 39 heavy (non-hydrogen) atoms. The quantitative estimate of drug-likeness (QED) is 0.225. The number of rotatable bonds is 7. The number of carbonyl (C=O) groups excluding carboxylic acids is 3. The fraction of sp³-hybridized carbons (Fsp3) is 0.250. The molecule has 1 fully saturated rings. The Kier molecular flexibility index (Phi) is 8.26. The maximum atomic E-state index is 13.5. The van der Waals surface area contributed by atoms with Gasteiger partial charge < -0.3 is 15.4 Å². The molecule has 0 aliphatic heterocycles. The van der Waals surface area contributed by atoms with E-state index in [0.717, 1.165) is 31.2 Å². The number of nitrogens with zero attached hydrogens (tertiary/aromatic N) is 1. The summed E-state index contributed by atoms with van der Waals surface area (Å²) in [6.45, 7) is -0.368. The Morgan fingerprint density at radius 3 is 2.28 bits per heavy atom. The van der Waals surface area contributed by atoms with Gasteiger partial charge >= 0.3 is 5.97 Å². The summed E-state index contributed by atoms with van der Waals surface area (Å²) in [6, 6.07) is 25.6. The number of nitrogens with one attached hydrogen (secondary N) is 2. The molecule has 0 unspecified atom stereocenters. The monoisotopic (exact) mass is 521 g/mol. The van der Waals surface area contributed by atoms with Gasteiger partial charge in [-0.3, -0.25) is 9.59 Å². The van der Waals surface area contributed by atoms with Gasteiger partial charge in [-0.2, -0.15) is 0 Å². The third kappa shape index (κ3) is 6.49. The number of para-hydroxylation sites is 2. The summed E-state index contributed by atoms with van der Waals surface area (Å²) in [6.07, 6.45) is 6.46. The van der Waals surface area contributed by atoms with Crippen LogP contribution in [-0.2, 0) is 9.53 Å². The van der Waals surface area contributed by atoms with Crippen molar-refractivity contribution in [3.8, 4) is 11.3 Å². The molecule has 4 aromatic rings. The maximum absolute atomic E-state index is 13.5. The molecule has 1 saturated carbocycles. The van der Waals surface area contributed by atoms with Crippen LogP contribution in [0, 0.1) is 0 Å². The molecule has 1 aliphatic rings. The van der Waals surface area contributed by atoms with Crippen LogP contribution in [0.4, 0.5) is 5.69 Å². The van der Waals surface area contributed by atoms with Gasteiger partial charge in [-0.1, -0.05) is 86.3 Å². The molecular formula is C32H31N3O4. The molecule has 3 aromatic carbocycles. The van der Waals surface area contributed by atoms with E-state index in [1.54, 1.807) is 30.3 Å². The van der Waals surface area contributed by atoms with E-state index in [9.17, 15) is 14.4 Å². The largest absolute Gasteiger partial charge is 0.452 e. The third-order valence-corrected chi connectivity index (χ3v) is 6.98. The number of aromatic nitrogens is 1. The fourth-order valence-corrected chi connectivity index (χ4v) is 4.98. The first-order valence-corrected chi connectivity index (χ1v) is 13.4. The molecule has 7 heteroatoms. The molecule has 2 N–H and O–H groups in total. The zero-order chi connectivity index (χ0) is 27.0. The van der Waals surface area contributed by atoms with Gasteiger partial charge in [-0.15, -0.1) is 0 Å². The minimum atomic E-state index is -0.675. The lowest BCUT2D eigenvalue weighted by molar-refractivity contribution is -0.125. The zero-order valence-corrected chi connectivity index (χ0v) is 21.7. The van der Waals surface area contributed by atoms with Crippen LogP contribution in [0.3, 0.4) is 0 Å². The average molecular weight is 522 g/mol. The third-order valence-electron chi connectivity index (χ3n) is 6.98. The highest BCUT2D eigenvalue weighted by atomic mass is 16.5. The smallest absolute Gasteiger partial charge is 0.340 e. The van der Waals surface area contributed by atoms with E-state index in [1.807, 2.05) is 54.6 Å². The lowest BCUT2D eigenvalue weighted by Crippen LogP contribution is -2.37. The minimum absolute atomic E-state index is 0.126. The van der Waals surface area contributed by atoms with Crippen LogP contribution < -0.4 is 10.6 Å². The number of ether oxygens (including phenoxy) is 1. The molecular weight excluding hydrogens is 490 g/mol. The number of hydrogen-bond acceptors (Lipinski definition) is 5. The van der Waals surface area contributed by atoms with Gasteiger partial charge in [-0.05, 0) is 37.1 Å². The normalized spacial score (nSPS) is 13.8. The molecule has 2 amide bonds. The highest BCUT2D eigenvalue weighted by Gasteiger charge is 2.20. The van der Waals surface area contributed by atoms with Crippen LogP contribution in [0.25, 0.3) is 22.2 Å². The van der Waals surface area contributed by atoms with Crippen molar-refractivity contribution in [1.82, 2.24) is 10.3 Å². The Morgan fingerprint density at radius 1 is 0.795 bits per heavy atom. The van der Waals surface area contributed by atoms with E-state index in [0.29, 0.717) is 27.8 Å². The number of amides is 2. The molecule has 5 rings (SSSR count). The van der Waals surface area contributed by atoms with E-state index in [4.69, 9.17) is 9.72 Å². The van der Waals surface area contributed by atoms with Gasteiger partial charge in [0.25, 0.3) is 11.8 Å². The fourth-order valence-electron chi connectivity index (χ4n) is 4.98. The molecule has 0 bridgehead atoms. The van der Waals surface area contributed by atoms with Crippen LogP contribution in [0.2, 0.25) is 0 Å². The highest BCUT2D eigenvalue weighted by Crippen LogP contribution is 2.26. The second-order valence-electron chi connectivity index (χ2n) is 9.77. The van der Waals surface area contributed by atoms with Gasteiger partial charge in [0.1, 0.15) is 0 Å². The van der Waals surface area contributed by atoms with Crippen LogP contribution in [-0.4, -0.2) is 35.4 Å². The SMILES string of the molecule is O=C(COC(=O)c1ccccc1NC(=O)c1cc(-c2ccccc2)nc2ccccc12)NC1CCCCCC1. The Balaban J connectivity index is 1.32. The molecule has 1 aliphatic carbocycles. The Morgan fingerprint density at radius 2 is 1.49 bits per heavy atom. The van der Waals surface area contributed by atoms with Crippen molar-refractivity contribution in [2.75, 3.05) is 11.9 Å². The standard InChI is InChI=1S/C32H31N3O4/c36-30(33-23-14-6-1-2-7-15-23)21-39-32(38)25-17-9-11-19-28(25)35-31(37)26-20-29(22-12-4-3-5-13-22)34-27-18-10-8-16-24(26)27/h3-5,8-13,16-20,23H,1-2,6-7,14-15,21H2,(H,33,36)(H,35,37). The van der Waals surface area contributed by atoms with E-state index in [1.165, 1.54) is 12.8 Å². The molecule has 0 spiro atoms. The minimum Gasteiger partial charge on any atom is -0.452 e. The van der Waals surface area contributed by atoms with Crippen molar-refractivity contribution in [3.63, 3.8) is 0 Å². The first-order chi connectivity index (χ1) is 19.1. The summed E-state index contributed by atoms with van der Waals surface area (Å²) in [5.41, 5.74) is 3.17. The summed E-state index contributed by atoms with van der Waals surface area (Å²) in [7, 11) is 0. The van der Waals surface area contributed by atoms with E-state index in [-0.39, 0.29) is 30.0 Å². The van der Waals surface area contributed by atoms with Crippen LogP contribution >= 0.6 is 0 Å². The second kappa shape index (κ2) is 12.3. The van der Waals surface area contributed by atoms with E-state index in [2.05, 4.69) is 10.6 Å². The van der Waals surface area contributed by atoms with Gasteiger partial charge in [0.15, 0.2) is 6.61 Å². The highest BCUT2D eigenvalue weighted by molar-refractivity contribution is 6.14. The predicted octanol–water partition coefficient (Wildman–Crippen LogP) is 6.15. The van der Waals surface area contributed by atoms with Crippen molar-refractivity contribution >= 4 is 34.4 Å². The van der Waals surface area contributed by atoms with E-state index < -0.39 is 5.97 Å². The van der Waals surface area contributed by atoms with E-state index >= 15 is 0 Å². The molecule has 0 saturated heterocycles. The van der Waals surface area contributed by atoms with Crippen LogP contribution in [0.1, 0.15) is 59.2 Å². The number of anilines is 1. The maximum Gasteiger partial charge on any atom is 0.340 e. The molecule has 0 atom stereocenters. The number of carbonyl (C=O) groups is 3. The molecule has 1 aromatic heterocycles. The molecule has 7 nitrogen and oxygen atoms in total. The zero-order valence-electron chi connectivity index (χ0n) is 21.7. The molecule has 1 heterocycles. The molecule has 198 valence electrons. The predicted molar refractivity (Wildman–Crippen MR) is 151 cm³/mol. The van der Waals surface area contributed by atoms with Crippen LogP contribution in [0.5, 0.6) is 0 Å². The van der Waals surface area contributed by atoms with Crippen molar-refractivity contribution in [3.05, 3.63) is 96.1 Å². The average Bonchev–Trinajstić information content (AvgIpc) is 3.24. The van der Waals surface area contributed by atoms with Crippen molar-refractivity contribution < 1.29 is 19.1 Å². The van der Waals surface area contributed by atoms with Crippen molar-refractivity contribution in [1.29, 1.82) is 0 Å². The van der Waals surface area contributed by atoms with Crippen molar-refractivity contribution in [2.24, 2.45) is 0 Å². The molecule has 0 radical (unpaired) electrons. The lowest BCUT2D eigenvalue weighted by atomic mass is 10.0. The Hall–Kier alpha value is -4.52. The summed E-state index contributed by atoms with van der Waals surface area (Å²) in [4.78, 5) is 43.6. The van der Waals surface area contributed by atoms with Gasteiger partial charge in [0, 0.05) is 17.0 Å². The summed E-state index contributed by atoms with van der Waals surface area (Å²) >= 11 is 0. The summed E-state index contributed by atoms with van der Waals surface area (Å²) < 4.78 is 5.33. The number of pyridine rings is 1. The summed E-state index contributed by atoms with van der Waals surface area (Å²) in [5, 5.41) is 6.55. The van der Waals surface area contributed by atoms with Crippen molar-refractivity contribution in [2.45, 2.75) is 44.6 Å². The summed E-state index contributed by atoms with van der Waals surface area (Å²) in [5.74, 6) is -1.36. The second-order valence-corrected chi connectivity index (χ2v) is 9.77. The first kappa shape index (κ1) is 26.1. The number of esters is 1. The van der Waals surface area contributed by atoms with Crippen LogP contribution in [0.15, 0.2) is 84.9 Å². The Bertz CT molecular complexity index is 1480. The van der Waals surface area contributed by atoms with Gasteiger partial charge in [-0.25, -0.2) is 9.78 Å². The lowest BCUT2D eigenvalue weighted by Gasteiger charge is -2.16. The number of fused-ring (bicyclic) bond motifs is 1. The first-order valence-electron chi connectivity index (χ1n) is 13.4. The topological polar surface area (TPSA) is 97.4 Å². The Labute approximate surface area is 227 Å².